The first-order valence-corrected chi connectivity index (χ1v) is 4.55. The zero-order valence-electron chi connectivity index (χ0n) is 8.03. The molecule has 0 aromatic carbocycles. The van der Waals surface area contributed by atoms with E-state index in [4.69, 9.17) is 22.4 Å². The molecule has 0 aliphatic heterocycles. The van der Waals surface area contributed by atoms with Crippen molar-refractivity contribution < 1.29 is 14.7 Å². The maximum absolute atomic E-state index is 11.2. The third-order valence-electron chi connectivity index (χ3n) is 1.57. The third-order valence-corrected chi connectivity index (χ3v) is 1.78. The molecular formula is C8H9ClN4O3. The summed E-state index contributed by atoms with van der Waals surface area (Å²) in [4.78, 5) is 25.0. The van der Waals surface area contributed by atoms with Gasteiger partial charge in [-0.05, 0) is 12.1 Å². The first-order chi connectivity index (χ1) is 7.49. The van der Waals surface area contributed by atoms with Crippen LogP contribution in [0.15, 0.2) is 12.1 Å². The Morgan fingerprint density at radius 1 is 1.50 bits per heavy atom. The Hall–Kier alpha value is -2.02. The average Bonchev–Trinajstić information content (AvgIpc) is 2.19. The molecule has 1 aromatic heterocycles. The molecule has 1 rings (SSSR count). The van der Waals surface area contributed by atoms with E-state index in [9.17, 15) is 9.59 Å². The number of carbonyl (C=O) groups excluding carboxylic acids is 1. The minimum Gasteiger partial charge on any atom is -0.465 e. The second-order valence-corrected chi connectivity index (χ2v) is 3.16. The highest BCUT2D eigenvalue weighted by atomic mass is 35.5. The van der Waals surface area contributed by atoms with Crippen LogP contribution in [-0.4, -0.2) is 28.6 Å². The summed E-state index contributed by atoms with van der Waals surface area (Å²) in [5, 5.41) is 12.8. The zero-order valence-corrected chi connectivity index (χ0v) is 8.78. The highest BCUT2D eigenvalue weighted by molar-refractivity contribution is 6.29. The van der Waals surface area contributed by atoms with Gasteiger partial charge in [0.25, 0.3) is 0 Å². The lowest BCUT2D eigenvalue weighted by Gasteiger charge is -2.07. The molecule has 0 atom stereocenters. The van der Waals surface area contributed by atoms with Crippen molar-refractivity contribution in [1.82, 2.24) is 10.3 Å². The van der Waals surface area contributed by atoms with Crippen LogP contribution >= 0.6 is 11.6 Å². The molecule has 5 N–H and O–H groups in total. The SMILES string of the molecule is Nc1nc(Cl)ccc1NC(=O)CNC(=O)O. The maximum Gasteiger partial charge on any atom is 0.405 e. The van der Waals surface area contributed by atoms with Crippen LogP contribution in [0.2, 0.25) is 5.15 Å². The van der Waals surface area contributed by atoms with Gasteiger partial charge in [0.2, 0.25) is 5.91 Å². The number of amides is 2. The van der Waals surface area contributed by atoms with Crippen LogP contribution in [0.25, 0.3) is 0 Å². The van der Waals surface area contributed by atoms with E-state index < -0.39 is 12.0 Å². The lowest BCUT2D eigenvalue weighted by atomic mass is 10.4. The molecule has 0 aliphatic rings. The molecule has 8 heteroatoms. The van der Waals surface area contributed by atoms with Crippen LogP contribution in [-0.2, 0) is 4.79 Å². The molecule has 0 bridgehead atoms. The number of rotatable bonds is 3. The van der Waals surface area contributed by atoms with Gasteiger partial charge < -0.3 is 21.5 Å². The Kier molecular flexibility index (Phi) is 3.90. The first-order valence-electron chi connectivity index (χ1n) is 4.17. The Balaban J connectivity index is 2.59. The van der Waals surface area contributed by atoms with E-state index >= 15 is 0 Å². The molecule has 0 radical (unpaired) electrons. The molecular weight excluding hydrogens is 236 g/mol. The molecule has 0 saturated heterocycles. The maximum atomic E-state index is 11.2. The van der Waals surface area contributed by atoms with E-state index in [2.05, 4.69) is 10.3 Å². The Bertz CT molecular complexity index is 424. The Labute approximate surface area is 95.6 Å². The van der Waals surface area contributed by atoms with Crippen molar-refractivity contribution in [2.24, 2.45) is 0 Å². The lowest BCUT2D eigenvalue weighted by molar-refractivity contribution is -0.115. The molecule has 0 spiro atoms. The number of carbonyl (C=O) groups is 2. The van der Waals surface area contributed by atoms with Crippen molar-refractivity contribution in [3.05, 3.63) is 17.3 Å². The summed E-state index contributed by atoms with van der Waals surface area (Å²) in [7, 11) is 0. The summed E-state index contributed by atoms with van der Waals surface area (Å²) in [5.41, 5.74) is 5.76. The van der Waals surface area contributed by atoms with Crippen molar-refractivity contribution in [3.8, 4) is 0 Å². The number of nitrogen functional groups attached to an aromatic ring is 1. The zero-order chi connectivity index (χ0) is 12.1. The molecule has 0 fully saturated rings. The van der Waals surface area contributed by atoms with E-state index in [-0.39, 0.29) is 23.2 Å². The number of nitrogens with one attached hydrogen (secondary N) is 2. The number of nitrogens with two attached hydrogens (primary N) is 1. The van der Waals surface area contributed by atoms with Gasteiger partial charge in [0, 0.05) is 0 Å². The first kappa shape index (κ1) is 12.1. The standard InChI is InChI=1S/C8H9ClN4O3/c9-5-2-1-4(7(10)13-5)12-6(14)3-11-8(15)16/h1-2,11H,3H2,(H2,10,13)(H,12,14)(H,15,16). The topological polar surface area (TPSA) is 117 Å². The summed E-state index contributed by atoms with van der Waals surface area (Å²) in [5.74, 6) is -0.477. The van der Waals surface area contributed by atoms with E-state index in [1.807, 2.05) is 5.32 Å². The minimum absolute atomic E-state index is 0.0659. The van der Waals surface area contributed by atoms with Gasteiger partial charge >= 0.3 is 6.09 Å². The third kappa shape index (κ3) is 3.62. The van der Waals surface area contributed by atoms with Crippen LogP contribution in [0, 0.1) is 0 Å². The fourth-order valence-corrected chi connectivity index (χ4v) is 1.06. The predicted molar refractivity (Wildman–Crippen MR) is 58.3 cm³/mol. The van der Waals surface area contributed by atoms with Crippen LogP contribution in [0.3, 0.4) is 0 Å². The molecule has 1 aromatic rings. The number of nitrogens with zero attached hydrogens (tertiary/aromatic N) is 1. The smallest absolute Gasteiger partial charge is 0.405 e. The predicted octanol–water partition coefficient (Wildman–Crippen LogP) is 0.523. The van der Waals surface area contributed by atoms with E-state index in [0.29, 0.717) is 0 Å². The highest BCUT2D eigenvalue weighted by Crippen LogP contribution is 2.18. The highest BCUT2D eigenvalue weighted by Gasteiger charge is 2.07. The lowest BCUT2D eigenvalue weighted by Crippen LogP contribution is -2.31. The minimum atomic E-state index is -1.28. The fraction of sp³-hybridized carbons (Fsp3) is 0.125. The van der Waals surface area contributed by atoms with Gasteiger partial charge in [0.1, 0.15) is 17.5 Å². The second kappa shape index (κ2) is 5.17. The summed E-state index contributed by atoms with van der Waals surface area (Å²) in [6, 6.07) is 2.93. The van der Waals surface area contributed by atoms with E-state index in [0.717, 1.165) is 0 Å². The van der Waals surface area contributed by atoms with E-state index in [1.54, 1.807) is 0 Å². The summed E-state index contributed by atoms with van der Waals surface area (Å²) >= 11 is 5.56. The molecule has 2 amide bonds. The second-order valence-electron chi connectivity index (χ2n) is 2.77. The van der Waals surface area contributed by atoms with Crippen molar-refractivity contribution in [2.75, 3.05) is 17.6 Å². The fourth-order valence-electron chi connectivity index (χ4n) is 0.906. The van der Waals surface area contributed by atoms with E-state index in [1.165, 1.54) is 12.1 Å². The van der Waals surface area contributed by atoms with Gasteiger partial charge in [0.05, 0.1) is 5.69 Å². The molecule has 86 valence electrons. The van der Waals surface area contributed by atoms with Crippen molar-refractivity contribution in [1.29, 1.82) is 0 Å². The quantitative estimate of drug-likeness (QED) is 0.579. The number of hydrogen-bond acceptors (Lipinski definition) is 4. The Morgan fingerprint density at radius 2 is 2.19 bits per heavy atom. The van der Waals surface area contributed by atoms with Crippen LogP contribution in [0.1, 0.15) is 0 Å². The van der Waals surface area contributed by atoms with Crippen molar-refractivity contribution >= 4 is 35.1 Å². The summed E-state index contributed by atoms with van der Waals surface area (Å²) in [6.07, 6.45) is -1.28. The van der Waals surface area contributed by atoms with Gasteiger partial charge in [-0.1, -0.05) is 11.6 Å². The summed E-state index contributed by atoms with van der Waals surface area (Å²) < 4.78 is 0. The largest absolute Gasteiger partial charge is 0.465 e. The molecule has 0 saturated carbocycles. The van der Waals surface area contributed by atoms with Crippen molar-refractivity contribution in [3.63, 3.8) is 0 Å². The molecule has 0 unspecified atom stereocenters. The van der Waals surface area contributed by atoms with Gasteiger partial charge in [-0.15, -0.1) is 0 Å². The molecule has 1 heterocycles. The number of carboxylic acid groups (broad SMARTS) is 1. The Morgan fingerprint density at radius 3 is 2.75 bits per heavy atom. The average molecular weight is 245 g/mol. The number of aromatic nitrogens is 1. The molecule has 0 aliphatic carbocycles. The van der Waals surface area contributed by atoms with Crippen LogP contribution in [0.4, 0.5) is 16.3 Å². The molecule has 16 heavy (non-hydrogen) atoms. The van der Waals surface area contributed by atoms with Crippen LogP contribution < -0.4 is 16.4 Å². The number of halogens is 1. The molecule has 7 nitrogen and oxygen atoms in total. The van der Waals surface area contributed by atoms with Crippen LogP contribution in [0.5, 0.6) is 0 Å². The summed E-state index contributed by atoms with van der Waals surface area (Å²) in [6.45, 7) is -0.364. The van der Waals surface area contributed by atoms with Gasteiger partial charge in [0.15, 0.2) is 0 Å². The normalized spacial score (nSPS) is 9.56. The number of anilines is 2. The number of hydrogen-bond donors (Lipinski definition) is 4. The van der Waals surface area contributed by atoms with Gasteiger partial charge in [-0.3, -0.25) is 4.79 Å². The number of pyridine rings is 1. The van der Waals surface area contributed by atoms with Crippen molar-refractivity contribution in [2.45, 2.75) is 0 Å². The monoisotopic (exact) mass is 244 g/mol. The van der Waals surface area contributed by atoms with Gasteiger partial charge in [-0.25, -0.2) is 9.78 Å². The van der Waals surface area contributed by atoms with Gasteiger partial charge in [-0.2, -0.15) is 0 Å².